The van der Waals surface area contributed by atoms with Crippen LogP contribution in [-0.4, -0.2) is 48.9 Å². The summed E-state index contributed by atoms with van der Waals surface area (Å²) in [5.41, 5.74) is 0. The van der Waals surface area contributed by atoms with E-state index in [2.05, 4.69) is 26.1 Å². The number of amides is 1. The largest absolute Gasteiger partial charge is 0.462 e. The third kappa shape index (κ3) is 32.6. The molecular formula is C39H77NO5. The topological polar surface area (TPSA) is 84.9 Å². The molecule has 2 atom stereocenters. The van der Waals surface area contributed by atoms with Crippen LogP contribution in [0.2, 0.25) is 0 Å². The van der Waals surface area contributed by atoms with Gasteiger partial charge in [0.05, 0.1) is 25.9 Å². The average molecular weight is 640 g/mol. The first-order valence-corrected chi connectivity index (χ1v) is 19.7. The number of carbonyl (C=O) groups is 2. The molecule has 0 aromatic carbocycles. The molecule has 0 aromatic rings. The van der Waals surface area contributed by atoms with E-state index in [1.807, 2.05) is 0 Å². The van der Waals surface area contributed by atoms with E-state index in [4.69, 9.17) is 9.47 Å². The second-order valence-electron chi connectivity index (χ2n) is 13.5. The molecule has 6 nitrogen and oxygen atoms in total. The van der Waals surface area contributed by atoms with Crippen LogP contribution >= 0.6 is 0 Å². The summed E-state index contributed by atoms with van der Waals surface area (Å²) >= 11 is 0. The molecule has 1 amide bonds. The number of carbonyl (C=O) groups excluding carboxylic acids is 2. The zero-order valence-corrected chi connectivity index (χ0v) is 30.4. The summed E-state index contributed by atoms with van der Waals surface area (Å²) in [6, 6.07) is -0.396. The lowest BCUT2D eigenvalue weighted by Gasteiger charge is -2.20. The fourth-order valence-electron chi connectivity index (χ4n) is 5.89. The van der Waals surface area contributed by atoms with E-state index in [9.17, 15) is 14.7 Å². The fourth-order valence-corrected chi connectivity index (χ4v) is 5.89. The minimum atomic E-state index is -0.396. The van der Waals surface area contributed by atoms with Gasteiger partial charge in [0.2, 0.25) is 5.91 Å². The first-order chi connectivity index (χ1) is 22.1. The number of ether oxygens (including phenoxy) is 2. The third-order valence-electron chi connectivity index (χ3n) is 8.91. The molecule has 0 rings (SSSR count). The minimum Gasteiger partial charge on any atom is -0.462 e. The van der Waals surface area contributed by atoms with Crippen molar-refractivity contribution >= 4 is 11.9 Å². The molecule has 0 spiro atoms. The molecule has 0 bridgehead atoms. The van der Waals surface area contributed by atoms with Gasteiger partial charge >= 0.3 is 5.97 Å². The molecule has 0 aliphatic rings. The summed E-state index contributed by atoms with van der Waals surface area (Å²) < 4.78 is 11.7. The van der Waals surface area contributed by atoms with Crippen LogP contribution in [0.25, 0.3) is 0 Å². The van der Waals surface area contributed by atoms with Gasteiger partial charge < -0.3 is 19.9 Å². The average Bonchev–Trinajstić information content (AvgIpc) is 3.03. The van der Waals surface area contributed by atoms with Crippen LogP contribution in [0, 0.1) is 0 Å². The van der Waals surface area contributed by atoms with Crippen molar-refractivity contribution in [3.05, 3.63) is 0 Å². The quantitative estimate of drug-likeness (QED) is 0.0526. The third-order valence-corrected chi connectivity index (χ3v) is 8.91. The van der Waals surface area contributed by atoms with Crippen LogP contribution in [0.1, 0.15) is 207 Å². The maximum absolute atomic E-state index is 12.6. The maximum Gasteiger partial charge on any atom is 0.306 e. The Morgan fingerprint density at radius 1 is 0.556 bits per heavy atom. The molecule has 0 aliphatic heterocycles. The van der Waals surface area contributed by atoms with Crippen LogP contribution in [-0.2, 0) is 19.1 Å². The molecule has 0 unspecified atom stereocenters. The maximum atomic E-state index is 12.6. The monoisotopic (exact) mass is 640 g/mol. The van der Waals surface area contributed by atoms with Gasteiger partial charge in [0.1, 0.15) is 6.10 Å². The van der Waals surface area contributed by atoms with Crippen LogP contribution in [0.5, 0.6) is 0 Å². The number of unbranched alkanes of at least 4 members (excludes halogenated alkanes) is 22. The van der Waals surface area contributed by atoms with Crippen molar-refractivity contribution in [2.75, 3.05) is 19.8 Å². The lowest BCUT2D eigenvalue weighted by molar-refractivity contribution is -0.150. The zero-order chi connectivity index (χ0) is 33.1. The van der Waals surface area contributed by atoms with E-state index in [1.54, 1.807) is 0 Å². The highest BCUT2D eigenvalue weighted by Crippen LogP contribution is 2.16. The number of hydrogen-bond acceptors (Lipinski definition) is 5. The van der Waals surface area contributed by atoms with Gasteiger partial charge in [-0.05, 0) is 25.7 Å². The molecule has 0 saturated carbocycles. The molecule has 268 valence electrons. The summed E-state index contributed by atoms with van der Waals surface area (Å²) in [4.78, 5) is 25.0. The molecular weight excluding hydrogens is 562 g/mol. The van der Waals surface area contributed by atoms with E-state index < -0.39 is 6.04 Å². The van der Waals surface area contributed by atoms with Gasteiger partial charge in [-0.3, -0.25) is 9.59 Å². The SMILES string of the molecule is CCCCCCCCCCCCCC(=O)N[C@@H](CO)COCC[C@@H](CCCCCCC)OC(=O)CCCCCCCCCCC. The van der Waals surface area contributed by atoms with Crippen molar-refractivity contribution in [1.29, 1.82) is 0 Å². The number of esters is 1. The lowest BCUT2D eigenvalue weighted by atomic mass is 10.1. The van der Waals surface area contributed by atoms with Crippen LogP contribution in [0.3, 0.4) is 0 Å². The normalized spacial score (nSPS) is 12.7. The van der Waals surface area contributed by atoms with Crippen molar-refractivity contribution in [3.63, 3.8) is 0 Å². The van der Waals surface area contributed by atoms with E-state index in [0.29, 0.717) is 25.9 Å². The Bertz CT molecular complexity index is 629. The van der Waals surface area contributed by atoms with E-state index >= 15 is 0 Å². The molecule has 0 aromatic heterocycles. The molecule has 0 heterocycles. The standard InChI is InChI=1S/C39H77NO5/c1-4-7-10-13-15-17-18-20-21-24-27-30-38(42)40-36(34-41)35-44-33-32-37(29-26-23-12-9-6-3)45-39(43)31-28-25-22-19-16-14-11-8-5-2/h36-37,41H,4-35H2,1-3H3,(H,40,42)/t36-,37+/m0/s1. The molecule has 0 aliphatic carbocycles. The van der Waals surface area contributed by atoms with Gasteiger partial charge in [0.15, 0.2) is 0 Å². The molecule has 0 radical (unpaired) electrons. The summed E-state index contributed by atoms with van der Waals surface area (Å²) in [5, 5.41) is 12.7. The molecule has 45 heavy (non-hydrogen) atoms. The predicted octanol–water partition coefficient (Wildman–Crippen LogP) is 10.8. The predicted molar refractivity (Wildman–Crippen MR) is 191 cm³/mol. The lowest BCUT2D eigenvalue weighted by Crippen LogP contribution is -2.41. The Kier molecular flexibility index (Phi) is 34.8. The summed E-state index contributed by atoms with van der Waals surface area (Å²) in [6.07, 6.45) is 33.3. The van der Waals surface area contributed by atoms with Crippen molar-refractivity contribution in [2.24, 2.45) is 0 Å². The van der Waals surface area contributed by atoms with Gasteiger partial charge in [0, 0.05) is 19.3 Å². The van der Waals surface area contributed by atoms with E-state index in [0.717, 1.165) is 38.5 Å². The molecule has 6 heteroatoms. The number of rotatable bonds is 36. The Morgan fingerprint density at radius 3 is 1.44 bits per heavy atom. The number of aliphatic hydroxyl groups excluding tert-OH is 1. The van der Waals surface area contributed by atoms with Gasteiger partial charge in [-0.2, -0.15) is 0 Å². The Morgan fingerprint density at radius 2 is 0.978 bits per heavy atom. The van der Waals surface area contributed by atoms with Gasteiger partial charge in [-0.25, -0.2) is 0 Å². The highest BCUT2D eigenvalue weighted by Gasteiger charge is 2.16. The highest BCUT2D eigenvalue weighted by molar-refractivity contribution is 5.76. The van der Waals surface area contributed by atoms with Gasteiger partial charge in [0.25, 0.3) is 0 Å². The Hall–Kier alpha value is -1.14. The Labute approximate surface area is 280 Å². The number of hydrogen-bond donors (Lipinski definition) is 2. The first kappa shape index (κ1) is 43.9. The zero-order valence-electron chi connectivity index (χ0n) is 30.4. The smallest absolute Gasteiger partial charge is 0.306 e. The van der Waals surface area contributed by atoms with Crippen LogP contribution in [0.15, 0.2) is 0 Å². The highest BCUT2D eigenvalue weighted by atomic mass is 16.5. The van der Waals surface area contributed by atoms with Crippen LogP contribution < -0.4 is 5.32 Å². The van der Waals surface area contributed by atoms with Crippen molar-refractivity contribution in [1.82, 2.24) is 5.32 Å². The molecule has 0 saturated heterocycles. The minimum absolute atomic E-state index is 0.0102. The number of nitrogens with one attached hydrogen (secondary N) is 1. The van der Waals surface area contributed by atoms with Crippen LogP contribution in [0.4, 0.5) is 0 Å². The van der Waals surface area contributed by atoms with Crippen molar-refractivity contribution in [2.45, 2.75) is 219 Å². The van der Waals surface area contributed by atoms with Crippen molar-refractivity contribution in [3.8, 4) is 0 Å². The summed E-state index contributed by atoms with van der Waals surface area (Å²) in [6.45, 7) is 7.31. The van der Waals surface area contributed by atoms with Gasteiger partial charge in [-0.15, -0.1) is 0 Å². The fraction of sp³-hybridized carbons (Fsp3) is 0.949. The van der Waals surface area contributed by atoms with Crippen molar-refractivity contribution < 1.29 is 24.2 Å². The molecule has 2 N–H and O–H groups in total. The van der Waals surface area contributed by atoms with E-state index in [1.165, 1.54) is 128 Å². The second kappa shape index (κ2) is 35.7. The Balaban J connectivity index is 4.15. The molecule has 0 fully saturated rings. The number of aliphatic hydroxyl groups is 1. The van der Waals surface area contributed by atoms with E-state index in [-0.39, 0.29) is 31.2 Å². The van der Waals surface area contributed by atoms with Gasteiger partial charge in [-0.1, -0.05) is 162 Å². The summed E-state index contributed by atoms with van der Waals surface area (Å²) in [7, 11) is 0. The first-order valence-electron chi connectivity index (χ1n) is 19.7. The summed E-state index contributed by atoms with van der Waals surface area (Å²) in [5.74, 6) is -0.0941. The second-order valence-corrected chi connectivity index (χ2v) is 13.5.